The summed E-state index contributed by atoms with van der Waals surface area (Å²) in [7, 11) is 1.33. The van der Waals surface area contributed by atoms with E-state index >= 15 is 0 Å². The fourth-order valence-electron chi connectivity index (χ4n) is 3.74. The molecular weight excluding hydrogens is 430 g/mol. The molecule has 7 heteroatoms. The number of fused-ring (bicyclic) bond motifs is 1. The molecule has 0 spiro atoms. The summed E-state index contributed by atoms with van der Waals surface area (Å²) in [6.07, 6.45) is 3.97. The van der Waals surface area contributed by atoms with E-state index in [-0.39, 0.29) is 5.57 Å². The number of esters is 1. The van der Waals surface area contributed by atoms with Crippen LogP contribution >= 0.6 is 0 Å². The molecule has 4 rings (SSSR count). The number of aromatic nitrogens is 1. The van der Waals surface area contributed by atoms with Crippen LogP contribution in [0.1, 0.15) is 27.2 Å². The molecule has 34 heavy (non-hydrogen) atoms. The van der Waals surface area contributed by atoms with Crippen LogP contribution < -0.4 is 5.32 Å². The van der Waals surface area contributed by atoms with Gasteiger partial charge >= 0.3 is 5.97 Å². The number of carbonyl (C=O) groups excluding carboxylic acids is 2. The Morgan fingerprint density at radius 2 is 2.00 bits per heavy atom. The van der Waals surface area contributed by atoms with Crippen molar-refractivity contribution >= 4 is 28.9 Å². The first-order valence-corrected chi connectivity index (χ1v) is 10.7. The van der Waals surface area contributed by atoms with Gasteiger partial charge in [-0.3, -0.25) is 4.79 Å². The molecule has 0 saturated carbocycles. The standard InChI is InChI=1S/C27H23N3O4/c1-17-7-8-18(27(32)33-2)14-23(17)25-10-9-21(34-25)13-20(15-28)26(31)29-12-11-19-16-30-24-6-4-3-5-22(19)24/h3-10,13-14,16,30H,11-12H2,1-2H3,(H,29,31)/b20-13-. The second kappa shape index (κ2) is 9.92. The highest BCUT2D eigenvalue weighted by atomic mass is 16.5. The number of hydrogen-bond donors (Lipinski definition) is 2. The number of benzene rings is 2. The Kier molecular flexibility index (Phi) is 6.60. The average molecular weight is 453 g/mol. The number of rotatable bonds is 7. The summed E-state index contributed by atoms with van der Waals surface area (Å²) >= 11 is 0. The molecule has 170 valence electrons. The van der Waals surface area contributed by atoms with E-state index in [1.807, 2.05) is 49.5 Å². The SMILES string of the molecule is COC(=O)c1ccc(C)c(-c2ccc(/C=C(/C#N)C(=O)NCCc3c[nH]c4ccccc34)o2)c1. The number of amides is 1. The third-order valence-corrected chi connectivity index (χ3v) is 5.56. The number of nitrogens with one attached hydrogen (secondary N) is 2. The van der Waals surface area contributed by atoms with Gasteiger partial charge in [0, 0.05) is 35.3 Å². The van der Waals surface area contributed by atoms with Gasteiger partial charge < -0.3 is 19.5 Å². The molecule has 0 unspecified atom stereocenters. The Morgan fingerprint density at radius 3 is 2.79 bits per heavy atom. The molecule has 0 aliphatic rings. The third kappa shape index (κ3) is 4.76. The fraction of sp³-hybridized carbons (Fsp3) is 0.148. The smallest absolute Gasteiger partial charge is 0.337 e. The highest BCUT2D eigenvalue weighted by molar-refractivity contribution is 6.01. The Hall–Kier alpha value is -4.57. The lowest BCUT2D eigenvalue weighted by Crippen LogP contribution is -2.26. The van der Waals surface area contributed by atoms with Crippen molar-refractivity contribution in [1.82, 2.24) is 10.3 Å². The zero-order chi connectivity index (χ0) is 24.1. The predicted octanol–water partition coefficient (Wildman–Crippen LogP) is 4.79. The molecule has 0 bridgehead atoms. The number of nitriles is 1. The van der Waals surface area contributed by atoms with Gasteiger partial charge in [-0.2, -0.15) is 5.26 Å². The Labute approximate surface area is 196 Å². The predicted molar refractivity (Wildman–Crippen MR) is 129 cm³/mol. The number of aromatic amines is 1. The number of furan rings is 1. The van der Waals surface area contributed by atoms with E-state index in [9.17, 15) is 14.9 Å². The first kappa shape index (κ1) is 22.6. The van der Waals surface area contributed by atoms with Crippen molar-refractivity contribution in [3.8, 4) is 17.4 Å². The van der Waals surface area contributed by atoms with Crippen LogP contribution in [-0.2, 0) is 16.0 Å². The summed E-state index contributed by atoms with van der Waals surface area (Å²) in [6, 6.07) is 18.5. The Bertz CT molecular complexity index is 1440. The number of aryl methyl sites for hydroxylation is 1. The van der Waals surface area contributed by atoms with E-state index in [4.69, 9.17) is 9.15 Å². The average Bonchev–Trinajstić information content (AvgIpc) is 3.49. The van der Waals surface area contributed by atoms with E-state index < -0.39 is 11.9 Å². The van der Waals surface area contributed by atoms with E-state index in [2.05, 4.69) is 10.3 Å². The minimum absolute atomic E-state index is 0.0557. The zero-order valence-electron chi connectivity index (χ0n) is 18.8. The lowest BCUT2D eigenvalue weighted by Gasteiger charge is -2.06. The van der Waals surface area contributed by atoms with E-state index in [1.165, 1.54) is 13.2 Å². The molecule has 0 radical (unpaired) electrons. The summed E-state index contributed by atoms with van der Waals surface area (Å²) in [5.41, 5.74) is 4.13. The second-order valence-electron chi connectivity index (χ2n) is 7.76. The van der Waals surface area contributed by atoms with Crippen molar-refractivity contribution in [2.24, 2.45) is 0 Å². The van der Waals surface area contributed by atoms with Crippen molar-refractivity contribution in [3.63, 3.8) is 0 Å². The molecule has 0 fully saturated rings. The van der Waals surface area contributed by atoms with Crippen molar-refractivity contribution in [2.75, 3.05) is 13.7 Å². The van der Waals surface area contributed by atoms with Crippen LogP contribution in [0.25, 0.3) is 28.3 Å². The highest BCUT2D eigenvalue weighted by Gasteiger charge is 2.14. The van der Waals surface area contributed by atoms with Crippen molar-refractivity contribution in [3.05, 3.63) is 88.8 Å². The molecular formula is C27H23N3O4. The van der Waals surface area contributed by atoms with E-state index in [0.717, 1.165) is 27.6 Å². The molecule has 2 aromatic carbocycles. The van der Waals surface area contributed by atoms with E-state index in [1.54, 1.807) is 24.3 Å². The lowest BCUT2D eigenvalue weighted by atomic mass is 10.0. The maximum atomic E-state index is 12.6. The quantitative estimate of drug-likeness (QED) is 0.238. The molecule has 2 N–H and O–H groups in total. The first-order chi connectivity index (χ1) is 16.5. The number of ether oxygens (including phenoxy) is 1. The molecule has 2 aromatic heterocycles. The molecule has 4 aromatic rings. The van der Waals surface area contributed by atoms with Crippen LogP contribution in [0.15, 0.2) is 70.8 Å². The number of H-pyrrole nitrogens is 1. The van der Waals surface area contributed by atoms with E-state index in [0.29, 0.717) is 30.0 Å². The number of carbonyl (C=O) groups is 2. The molecule has 0 aliphatic heterocycles. The van der Waals surface area contributed by atoms with Crippen LogP contribution in [0.4, 0.5) is 0 Å². The zero-order valence-corrected chi connectivity index (χ0v) is 18.8. The molecule has 7 nitrogen and oxygen atoms in total. The minimum atomic E-state index is -0.468. The van der Waals surface area contributed by atoms with Crippen LogP contribution in [0.5, 0.6) is 0 Å². The van der Waals surface area contributed by atoms with Crippen LogP contribution in [0.3, 0.4) is 0 Å². The molecule has 0 atom stereocenters. The number of methoxy groups -OCH3 is 1. The van der Waals surface area contributed by atoms with Gasteiger partial charge in [-0.1, -0.05) is 24.3 Å². The largest absolute Gasteiger partial charge is 0.465 e. The normalized spacial score (nSPS) is 11.3. The third-order valence-electron chi connectivity index (χ3n) is 5.56. The van der Waals surface area contributed by atoms with Gasteiger partial charge in [0.15, 0.2) is 0 Å². The Balaban J connectivity index is 1.45. The minimum Gasteiger partial charge on any atom is -0.465 e. The lowest BCUT2D eigenvalue weighted by molar-refractivity contribution is -0.117. The second-order valence-corrected chi connectivity index (χ2v) is 7.76. The van der Waals surface area contributed by atoms with Gasteiger partial charge in [0.1, 0.15) is 23.2 Å². The summed E-state index contributed by atoms with van der Waals surface area (Å²) in [5.74, 6) is -0.0269. The van der Waals surface area contributed by atoms with Crippen LogP contribution in [0, 0.1) is 18.3 Å². The number of nitrogens with zero attached hydrogens (tertiary/aromatic N) is 1. The van der Waals surface area contributed by atoms with Crippen molar-refractivity contribution in [2.45, 2.75) is 13.3 Å². The fourth-order valence-corrected chi connectivity index (χ4v) is 3.74. The van der Waals surface area contributed by atoms with Gasteiger partial charge in [-0.05, 0) is 54.8 Å². The Morgan fingerprint density at radius 1 is 1.18 bits per heavy atom. The van der Waals surface area contributed by atoms with Crippen LogP contribution in [-0.4, -0.2) is 30.5 Å². The van der Waals surface area contributed by atoms with Gasteiger partial charge in [0.05, 0.1) is 12.7 Å². The topological polar surface area (TPSA) is 108 Å². The monoisotopic (exact) mass is 453 g/mol. The highest BCUT2D eigenvalue weighted by Crippen LogP contribution is 2.28. The van der Waals surface area contributed by atoms with Gasteiger partial charge in [-0.25, -0.2) is 4.79 Å². The summed E-state index contributed by atoms with van der Waals surface area (Å²) in [6.45, 7) is 2.29. The maximum absolute atomic E-state index is 12.6. The first-order valence-electron chi connectivity index (χ1n) is 10.7. The molecule has 1 amide bonds. The van der Waals surface area contributed by atoms with Crippen LogP contribution in [0.2, 0.25) is 0 Å². The molecule has 2 heterocycles. The summed E-state index contributed by atoms with van der Waals surface area (Å²) < 4.78 is 10.6. The molecule has 0 saturated heterocycles. The maximum Gasteiger partial charge on any atom is 0.337 e. The van der Waals surface area contributed by atoms with Crippen molar-refractivity contribution < 1.29 is 18.7 Å². The van der Waals surface area contributed by atoms with Gasteiger partial charge in [-0.15, -0.1) is 0 Å². The molecule has 0 aliphatic carbocycles. The number of para-hydroxylation sites is 1. The van der Waals surface area contributed by atoms with Gasteiger partial charge in [0.2, 0.25) is 0 Å². The van der Waals surface area contributed by atoms with Gasteiger partial charge in [0.25, 0.3) is 5.91 Å². The summed E-state index contributed by atoms with van der Waals surface area (Å²) in [4.78, 5) is 27.6. The number of hydrogen-bond acceptors (Lipinski definition) is 5. The summed E-state index contributed by atoms with van der Waals surface area (Å²) in [5, 5.41) is 13.4. The van der Waals surface area contributed by atoms with Crippen molar-refractivity contribution in [1.29, 1.82) is 5.26 Å².